The van der Waals surface area contributed by atoms with Gasteiger partial charge in [-0.1, -0.05) is 6.08 Å². The molecule has 4 fully saturated rings. The van der Waals surface area contributed by atoms with Crippen LogP contribution in [0.2, 0.25) is 0 Å². The van der Waals surface area contributed by atoms with Crippen LogP contribution in [-0.2, 0) is 25.7 Å². The molecule has 0 radical (unpaired) electrons. The Kier molecular flexibility index (Phi) is 8.08. The lowest BCUT2D eigenvalue weighted by Crippen LogP contribution is -2.46. The summed E-state index contributed by atoms with van der Waals surface area (Å²) < 4.78 is 5.81. The van der Waals surface area contributed by atoms with Crippen LogP contribution in [0.4, 0.5) is 5.69 Å². The predicted octanol–water partition coefficient (Wildman–Crippen LogP) is 0.764. The lowest BCUT2D eigenvalue weighted by Gasteiger charge is -2.32. The van der Waals surface area contributed by atoms with E-state index in [1.165, 1.54) is 61.8 Å². The fourth-order valence-corrected chi connectivity index (χ4v) is 6.64. The van der Waals surface area contributed by atoms with Crippen molar-refractivity contribution in [2.24, 2.45) is 23.7 Å². The summed E-state index contributed by atoms with van der Waals surface area (Å²) in [5.74, 6) is 0.431. The number of pyridine rings is 1. The van der Waals surface area contributed by atoms with Crippen LogP contribution in [-0.4, -0.2) is 62.6 Å². The van der Waals surface area contributed by atoms with E-state index in [0.29, 0.717) is 17.8 Å². The standard InChI is InChI=1S/C27H33N7O6/c1-40-22(36)7-3-2-5-19(30-26(38)24-28-14-29-33-24)25(37)31-20-6-4-8-34(27(20)39)13-21(35)32-23-17-10-15-9-16(12-17)18(23)11-15/h3-4,6-8,14-19,23H,2,5,9-13H2,1H3,(H,30,38)(H,31,37)(H,32,35)(H,28,29,33)/b7-3+/t15?,16?,17?,18?,19-,23?/m0/s1. The highest BCUT2D eigenvalue weighted by atomic mass is 16.5. The highest BCUT2D eigenvalue weighted by Gasteiger charge is 2.54. The number of allylic oxidation sites excluding steroid dienone is 1. The Bertz CT molecular complexity index is 1350. The minimum Gasteiger partial charge on any atom is -0.466 e. The number of hydrogen-bond donors (Lipinski definition) is 4. The Morgan fingerprint density at radius 2 is 2.02 bits per heavy atom. The number of ether oxygens (including phenoxy) is 1. The molecule has 4 aliphatic carbocycles. The lowest BCUT2D eigenvalue weighted by molar-refractivity contribution is -0.134. The summed E-state index contributed by atoms with van der Waals surface area (Å²) in [5, 5.41) is 14.4. The van der Waals surface area contributed by atoms with Crippen LogP contribution in [0.5, 0.6) is 0 Å². The Morgan fingerprint density at radius 3 is 2.77 bits per heavy atom. The maximum atomic E-state index is 13.1. The third kappa shape index (κ3) is 5.97. The summed E-state index contributed by atoms with van der Waals surface area (Å²) >= 11 is 0. The summed E-state index contributed by atoms with van der Waals surface area (Å²) in [6.45, 7) is -0.156. The third-order valence-corrected chi connectivity index (χ3v) is 8.31. The first-order chi connectivity index (χ1) is 19.3. The van der Waals surface area contributed by atoms with Gasteiger partial charge in [0.2, 0.25) is 17.6 Å². The first kappa shape index (κ1) is 27.3. The molecule has 5 unspecified atom stereocenters. The van der Waals surface area contributed by atoms with Crippen molar-refractivity contribution in [3.8, 4) is 0 Å². The molecule has 0 aliphatic heterocycles. The van der Waals surface area contributed by atoms with E-state index < -0.39 is 29.4 Å². The molecule has 2 aromatic heterocycles. The van der Waals surface area contributed by atoms with Crippen LogP contribution >= 0.6 is 0 Å². The van der Waals surface area contributed by atoms with Crippen LogP contribution in [0.15, 0.2) is 41.6 Å². The van der Waals surface area contributed by atoms with E-state index in [0.717, 1.165) is 12.2 Å². The van der Waals surface area contributed by atoms with Crippen LogP contribution in [0, 0.1) is 23.7 Å². The number of carbonyl (C=O) groups excluding carboxylic acids is 4. The average molecular weight is 552 g/mol. The summed E-state index contributed by atoms with van der Waals surface area (Å²) in [6, 6.07) is 2.13. The second-order valence-corrected chi connectivity index (χ2v) is 10.8. The topological polar surface area (TPSA) is 177 Å². The SMILES string of the molecule is COC(=O)/C=C/CC[C@H](NC(=O)c1ncn[nH]1)C(=O)Nc1cccn(CC(=O)NC2C3CC4CC(C3)C2C4)c1=O. The van der Waals surface area contributed by atoms with Crippen molar-refractivity contribution in [2.75, 3.05) is 12.4 Å². The van der Waals surface area contributed by atoms with E-state index in [-0.39, 0.29) is 42.8 Å². The average Bonchev–Trinajstić information content (AvgIpc) is 3.63. The first-order valence-corrected chi connectivity index (χ1v) is 13.5. The minimum absolute atomic E-state index is 0.0251. The summed E-state index contributed by atoms with van der Waals surface area (Å²) in [6.07, 6.45) is 10.6. The van der Waals surface area contributed by atoms with Crippen molar-refractivity contribution in [3.05, 3.63) is 53.0 Å². The number of hydrogen-bond acceptors (Lipinski definition) is 8. The normalized spacial score (nSPS) is 25.1. The van der Waals surface area contributed by atoms with E-state index in [9.17, 15) is 24.0 Å². The van der Waals surface area contributed by atoms with Gasteiger partial charge in [0, 0.05) is 18.3 Å². The summed E-state index contributed by atoms with van der Waals surface area (Å²) in [4.78, 5) is 66.8. The summed E-state index contributed by atoms with van der Waals surface area (Å²) in [5.41, 5.74) is -0.561. The molecule has 4 bridgehead atoms. The molecule has 6 rings (SSSR count). The number of rotatable bonds is 11. The molecule has 13 nitrogen and oxygen atoms in total. The van der Waals surface area contributed by atoms with E-state index in [2.05, 4.69) is 35.9 Å². The monoisotopic (exact) mass is 551 g/mol. The Morgan fingerprint density at radius 1 is 1.20 bits per heavy atom. The van der Waals surface area contributed by atoms with Gasteiger partial charge in [-0.05, 0) is 74.3 Å². The molecule has 0 saturated heterocycles. The van der Waals surface area contributed by atoms with Crippen molar-refractivity contribution in [2.45, 2.75) is 57.2 Å². The molecule has 4 N–H and O–H groups in total. The highest BCUT2D eigenvalue weighted by Crippen LogP contribution is 2.58. The van der Waals surface area contributed by atoms with Gasteiger partial charge in [-0.3, -0.25) is 24.3 Å². The van der Waals surface area contributed by atoms with Crippen molar-refractivity contribution in [3.63, 3.8) is 0 Å². The predicted molar refractivity (Wildman–Crippen MR) is 142 cm³/mol. The fraction of sp³-hybridized carbons (Fsp3) is 0.519. The van der Waals surface area contributed by atoms with E-state index >= 15 is 0 Å². The molecule has 0 spiro atoms. The second kappa shape index (κ2) is 11.8. The molecule has 212 valence electrons. The quantitative estimate of drug-likeness (QED) is 0.234. The maximum Gasteiger partial charge on any atom is 0.330 e. The Hall–Kier alpha value is -4.29. The van der Waals surface area contributed by atoms with Gasteiger partial charge >= 0.3 is 5.97 Å². The van der Waals surface area contributed by atoms with Gasteiger partial charge < -0.3 is 25.3 Å². The van der Waals surface area contributed by atoms with Gasteiger partial charge in [0.25, 0.3) is 11.5 Å². The fourth-order valence-electron chi connectivity index (χ4n) is 6.64. The third-order valence-electron chi connectivity index (χ3n) is 8.31. The number of H-pyrrole nitrogens is 1. The van der Waals surface area contributed by atoms with E-state index in [1.54, 1.807) is 6.07 Å². The smallest absolute Gasteiger partial charge is 0.330 e. The Labute approximate surface area is 230 Å². The number of amides is 3. The molecule has 4 saturated carbocycles. The van der Waals surface area contributed by atoms with Gasteiger partial charge in [-0.15, -0.1) is 0 Å². The molecule has 40 heavy (non-hydrogen) atoms. The highest BCUT2D eigenvalue weighted by molar-refractivity contribution is 5.99. The molecule has 4 aliphatic rings. The second-order valence-electron chi connectivity index (χ2n) is 10.8. The zero-order chi connectivity index (χ0) is 28.2. The van der Waals surface area contributed by atoms with Crippen LogP contribution < -0.4 is 21.5 Å². The van der Waals surface area contributed by atoms with Crippen LogP contribution in [0.25, 0.3) is 0 Å². The Balaban J connectivity index is 1.22. The van der Waals surface area contributed by atoms with Gasteiger partial charge in [0.1, 0.15) is 24.6 Å². The number of nitrogens with one attached hydrogen (secondary N) is 4. The number of anilines is 1. The van der Waals surface area contributed by atoms with Crippen molar-refractivity contribution in [1.82, 2.24) is 30.4 Å². The number of carbonyl (C=O) groups is 4. The lowest BCUT2D eigenvalue weighted by atomic mass is 9.79. The molecule has 2 aromatic rings. The number of aromatic nitrogens is 4. The molecule has 3 amide bonds. The van der Waals surface area contributed by atoms with Crippen molar-refractivity contribution < 1.29 is 23.9 Å². The number of aromatic amines is 1. The van der Waals surface area contributed by atoms with Crippen LogP contribution in [0.1, 0.15) is 49.1 Å². The molecule has 2 heterocycles. The largest absolute Gasteiger partial charge is 0.466 e. The molecule has 6 atom stereocenters. The zero-order valence-corrected chi connectivity index (χ0v) is 22.2. The van der Waals surface area contributed by atoms with Crippen molar-refractivity contribution >= 4 is 29.4 Å². The maximum absolute atomic E-state index is 13.1. The number of esters is 1. The minimum atomic E-state index is -1.07. The summed E-state index contributed by atoms with van der Waals surface area (Å²) in [7, 11) is 1.25. The zero-order valence-electron chi connectivity index (χ0n) is 22.2. The van der Waals surface area contributed by atoms with E-state index in [4.69, 9.17) is 0 Å². The van der Waals surface area contributed by atoms with Gasteiger partial charge in [-0.25, -0.2) is 9.78 Å². The number of methoxy groups -OCH3 is 1. The molecule has 13 heteroatoms. The first-order valence-electron chi connectivity index (χ1n) is 13.5. The van der Waals surface area contributed by atoms with Gasteiger partial charge in [-0.2, -0.15) is 5.10 Å². The molecule has 0 aromatic carbocycles. The van der Waals surface area contributed by atoms with Gasteiger partial charge in [0.15, 0.2) is 0 Å². The molecular formula is C27H33N7O6. The van der Waals surface area contributed by atoms with Gasteiger partial charge in [0.05, 0.1) is 7.11 Å². The van der Waals surface area contributed by atoms with Crippen molar-refractivity contribution in [1.29, 1.82) is 0 Å². The molecular weight excluding hydrogens is 518 g/mol. The number of nitrogens with zero attached hydrogens (tertiary/aromatic N) is 3. The van der Waals surface area contributed by atoms with Crippen LogP contribution in [0.3, 0.4) is 0 Å². The van der Waals surface area contributed by atoms with E-state index in [1.807, 2.05) is 0 Å².